The molecule has 3 aromatic rings. The molecule has 0 radical (unpaired) electrons. The number of ether oxygens (including phenoxy) is 2. The molecule has 2 aromatic carbocycles. The molecule has 0 unspecified atom stereocenters. The topological polar surface area (TPSA) is 54.6 Å². The number of fused-ring (bicyclic) bond motifs is 1. The van der Waals surface area contributed by atoms with Gasteiger partial charge in [0.1, 0.15) is 19.0 Å². The highest BCUT2D eigenvalue weighted by Crippen LogP contribution is 2.27. The molecule has 5 heteroatoms. The van der Waals surface area contributed by atoms with Gasteiger partial charge in [0.25, 0.3) is 0 Å². The van der Waals surface area contributed by atoms with Crippen LogP contribution in [0.3, 0.4) is 0 Å². The summed E-state index contributed by atoms with van der Waals surface area (Å²) < 4.78 is 11.5. The molecule has 5 nitrogen and oxygen atoms in total. The van der Waals surface area contributed by atoms with Crippen molar-refractivity contribution in [3.05, 3.63) is 65.4 Å². The van der Waals surface area contributed by atoms with E-state index in [0.717, 1.165) is 47.5 Å². The van der Waals surface area contributed by atoms with Gasteiger partial charge in [0, 0.05) is 23.1 Å². The molecule has 0 bridgehead atoms. The maximum atomic E-state index is 12.7. The van der Waals surface area contributed by atoms with Crippen LogP contribution in [0, 0.1) is 6.92 Å². The van der Waals surface area contributed by atoms with Gasteiger partial charge in [-0.15, -0.1) is 0 Å². The molecule has 1 aliphatic heterocycles. The van der Waals surface area contributed by atoms with Crippen molar-refractivity contribution in [3.8, 4) is 5.75 Å². The molecule has 0 spiro atoms. The largest absolute Gasteiger partial charge is 0.492 e. The normalized spacial score (nSPS) is 14.5. The average Bonchev–Trinajstić information content (AvgIpc) is 3.33. The van der Waals surface area contributed by atoms with Crippen LogP contribution in [0.2, 0.25) is 0 Å². The Balaban J connectivity index is 1.45. The second kappa shape index (κ2) is 8.48. The number of carbonyl (C=O) groups excluding carboxylic acids is 1. The number of hydrogen-bond donors (Lipinski definition) is 1. The number of likely N-dealkylation sites (tertiary alicyclic amines) is 1. The molecule has 28 heavy (non-hydrogen) atoms. The smallest absolute Gasteiger partial charge is 0.340 e. The fourth-order valence-electron chi connectivity index (χ4n) is 3.75. The lowest BCUT2D eigenvalue weighted by atomic mass is 10.1. The van der Waals surface area contributed by atoms with E-state index >= 15 is 0 Å². The Morgan fingerprint density at radius 1 is 1.11 bits per heavy atom. The number of nitrogens with one attached hydrogen (secondary N) is 1. The molecule has 0 saturated carbocycles. The predicted molar refractivity (Wildman–Crippen MR) is 110 cm³/mol. The number of aromatic amines is 1. The van der Waals surface area contributed by atoms with Gasteiger partial charge in [0.05, 0.1) is 5.56 Å². The standard InChI is InChI=1S/C23H26N2O3/c1-17-22(23(26)28-16-18-7-3-2-4-8-18)20-15-19(9-10-21(20)24-17)27-14-13-25-11-5-6-12-25/h2-4,7-10,15,24H,5-6,11-14,16H2,1H3. The van der Waals surface area contributed by atoms with Crippen molar-refractivity contribution in [2.24, 2.45) is 0 Å². The highest BCUT2D eigenvalue weighted by atomic mass is 16.5. The summed E-state index contributed by atoms with van der Waals surface area (Å²) in [5.41, 5.74) is 3.27. The van der Waals surface area contributed by atoms with E-state index in [-0.39, 0.29) is 12.6 Å². The number of hydrogen-bond acceptors (Lipinski definition) is 4. The van der Waals surface area contributed by atoms with Crippen LogP contribution in [-0.2, 0) is 11.3 Å². The van der Waals surface area contributed by atoms with E-state index < -0.39 is 0 Å². The van der Waals surface area contributed by atoms with Crippen LogP contribution < -0.4 is 4.74 Å². The van der Waals surface area contributed by atoms with Crippen LogP contribution in [0.25, 0.3) is 10.9 Å². The van der Waals surface area contributed by atoms with Crippen molar-refractivity contribution in [2.45, 2.75) is 26.4 Å². The first-order valence-electron chi connectivity index (χ1n) is 9.89. The van der Waals surface area contributed by atoms with Crippen LogP contribution >= 0.6 is 0 Å². The van der Waals surface area contributed by atoms with Crippen LogP contribution in [0.5, 0.6) is 5.75 Å². The summed E-state index contributed by atoms with van der Waals surface area (Å²) in [4.78, 5) is 18.4. The van der Waals surface area contributed by atoms with Crippen LogP contribution in [0.1, 0.15) is 34.5 Å². The van der Waals surface area contributed by atoms with Crippen LogP contribution in [0.15, 0.2) is 48.5 Å². The van der Waals surface area contributed by atoms with Crippen molar-refractivity contribution in [3.63, 3.8) is 0 Å². The quantitative estimate of drug-likeness (QED) is 0.623. The zero-order valence-electron chi connectivity index (χ0n) is 16.2. The van der Waals surface area contributed by atoms with Gasteiger partial charge in [0.2, 0.25) is 0 Å². The Bertz CT molecular complexity index is 943. The number of rotatable bonds is 7. The van der Waals surface area contributed by atoms with Gasteiger partial charge in [0.15, 0.2) is 0 Å². The molecule has 146 valence electrons. The first-order valence-corrected chi connectivity index (χ1v) is 9.89. The minimum Gasteiger partial charge on any atom is -0.492 e. The molecule has 4 rings (SSSR count). The van der Waals surface area contributed by atoms with Gasteiger partial charge < -0.3 is 14.5 Å². The van der Waals surface area contributed by atoms with E-state index in [2.05, 4.69) is 9.88 Å². The number of H-pyrrole nitrogens is 1. The molecular weight excluding hydrogens is 352 g/mol. The second-order valence-corrected chi connectivity index (χ2v) is 7.29. The molecule has 1 aromatic heterocycles. The van der Waals surface area contributed by atoms with Crippen molar-refractivity contribution < 1.29 is 14.3 Å². The Labute approximate surface area is 165 Å². The van der Waals surface area contributed by atoms with Gasteiger partial charge in [-0.25, -0.2) is 4.79 Å². The highest BCUT2D eigenvalue weighted by Gasteiger charge is 2.18. The predicted octanol–water partition coefficient (Wildman–Crippen LogP) is 4.31. The summed E-state index contributed by atoms with van der Waals surface area (Å²) >= 11 is 0. The summed E-state index contributed by atoms with van der Waals surface area (Å²) in [7, 11) is 0. The molecular formula is C23H26N2O3. The zero-order chi connectivity index (χ0) is 19.3. The Morgan fingerprint density at radius 3 is 2.68 bits per heavy atom. The Kier molecular flexibility index (Phi) is 5.63. The third kappa shape index (κ3) is 4.20. The maximum Gasteiger partial charge on any atom is 0.340 e. The van der Waals surface area contributed by atoms with E-state index in [0.29, 0.717) is 12.2 Å². The minimum atomic E-state index is -0.318. The molecule has 0 aliphatic carbocycles. The van der Waals surface area contributed by atoms with Crippen LogP contribution in [-0.4, -0.2) is 42.1 Å². The van der Waals surface area contributed by atoms with E-state index in [1.165, 1.54) is 12.8 Å². The first kappa shape index (κ1) is 18.6. The highest BCUT2D eigenvalue weighted by molar-refractivity contribution is 6.05. The molecule has 2 heterocycles. The maximum absolute atomic E-state index is 12.7. The Hall–Kier alpha value is -2.79. The molecule has 1 fully saturated rings. The molecule has 1 N–H and O–H groups in total. The van der Waals surface area contributed by atoms with E-state index in [1.807, 2.05) is 55.5 Å². The number of aromatic nitrogens is 1. The van der Waals surface area contributed by atoms with Gasteiger partial charge in [-0.1, -0.05) is 30.3 Å². The number of esters is 1. The second-order valence-electron chi connectivity index (χ2n) is 7.29. The van der Waals surface area contributed by atoms with E-state index in [9.17, 15) is 4.79 Å². The minimum absolute atomic E-state index is 0.262. The fourth-order valence-corrected chi connectivity index (χ4v) is 3.75. The van der Waals surface area contributed by atoms with E-state index in [1.54, 1.807) is 0 Å². The van der Waals surface area contributed by atoms with Crippen molar-refractivity contribution in [2.75, 3.05) is 26.2 Å². The van der Waals surface area contributed by atoms with Crippen LogP contribution in [0.4, 0.5) is 0 Å². The van der Waals surface area contributed by atoms with Crippen molar-refractivity contribution in [1.82, 2.24) is 9.88 Å². The first-order chi connectivity index (χ1) is 13.7. The molecule has 0 atom stereocenters. The summed E-state index contributed by atoms with van der Waals surface area (Å²) in [5.74, 6) is 0.463. The summed E-state index contributed by atoms with van der Waals surface area (Å²) in [5, 5.41) is 0.842. The van der Waals surface area contributed by atoms with Crippen molar-refractivity contribution >= 4 is 16.9 Å². The molecule has 0 amide bonds. The molecule has 1 aliphatic rings. The lowest BCUT2D eigenvalue weighted by molar-refractivity contribution is 0.0474. The number of aryl methyl sites for hydroxylation is 1. The van der Waals surface area contributed by atoms with Gasteiger partial charge in [-0.2, -0.15) is 0 Å². The van der Waals surface area contributed by atoms with Gasteiger partial charge >= 0.3 is 5.97 Å². The monoisotopic (exact) mass is 378 g/mol. The van der Waals surface area contributed by atoms with Gasteiger partial charge in [-0.05, 0) is 56.6 Å². The summed E-state index contributed by atoms with van der Waals surface area (Å²) in [6.07, 6.45) is 2.56. The van der Waals surface area contributed by atoms with Gasteiger partial charge in [-0.3, -0.25) is 4.90 Å². The summed E-state index contributed by atoms with van der Waals surface area (Å²) in [6, 6.07) is 15.5. The lowest BCUT2D eigenvalue weighted by Gasteiger charge is -2.15. The van der Waals surface area contributed by atoms with Crippen molar-refractivity contribution in [1.29, 1.82) is 0 Å². The fraction of sp³-hybridized carbons (Fsp3) is 0.348. The SMILES string of the molecule is Cc1[nH]c2ccc(OCCN3CCCC3)cc2c1C(=O)OCc1ccccc1. The number of carbonyl (C=O) groups is 1. The van der Waals surface area contributed by atoms with E-state index in [4.69, 9.17) is 9.47 Å². The average molecular weight is 378 g/mol. The Morgan fingerprint density at radius 2 is 1.89 bits per heavy atom. The third-order valence-electron chi connectivity index (χ3n) is 5.25. The molecule has 1 saturated heterocycles. The number of benzene rings is 2. The number of nitrogens with zero attached hydrogens (tertiary/aromatic N) is 1. The third-order valence-corrected chi connectivity index (χ3v) is 5.25. The zero-order valence-corrected chi connectivity index (χ0v) is 16.2. The lowest BCUT2D eigenvalue weighted by Crippen LogP contribution is -2.25. The summed E-state index contributed by atoms with van der Waals surface area (Å²) in [6.45, 7) is 6.08.